The van der Waals surface area contributed by atoms with Crippen LogP contribution in [-0.2, 0) is 9.47 Å². The van der Waals surface area contributed by atoms with Gasteiger partial charge in [0.05, 0.1) is 18.3 Å². The maximum absolute atomic E-state index is 11.3. The minimum Gasteiger partial charge on any atom is -0.410 e. The van der Waals surface area contributed by atoms with Gasteiger partial charge < -0.3 is 19.5 Å². The normalized spacial score (nSPS) is 23.4. The third-order valence-electron chi connectivity index (χ3n) is 2.73. The fourth-order valence-electron chi connectivity index (χ4n) is 1.74. The van der Waals surface area contributed by atoms with Crippen molar-refractivity contribution in [3.05, 3.63) is 29.8 Å². The maximum Gasteiger partial charge on any atom is 0.412 e. The molecule has 18 heavy (non-hydrogen) atoms. The first kappa shape index (κ1) is 12.9. The summed E-state index contributed by atoms with van der Waals surface area (Å²) in [6.07, 6.45) is 0.0207. The van der Waals surface area contributed by atoms with Gasteiger partial charge in [-0.3, -0.25) is 0 Å². The van der Waals surface area contributed by atoms with E-state index in [0.29, 0.717) is 12.4 Å². The molecule has 1 saturated heterocycles. The number of para-hydroxylation sites is 1. The molecular weight excluding hydrogens is 234 g/mol. The minimum absolute atomic E-state index is 0.136. The van der Waals surface area contributed by atoms with Crippen molar-refractivity contribution in [2.24, 2.45) is 0 Å². The van der Waals surface area contributed by atoms with Gasteiger partial charge in [0.1, 0.15) is 5.75 Å². The van der Waals surface area contributed by atoms with E-state index < -0.39 is 12.4 Å². The summed E-state index contributed by atoms with van der Waals surface area (Å²) in [5.74, 6) is 0.455. The molecule has 0 spiro atoms. The molecule has 0 bridgehead atoms. The molecule has 2 atom stereocenters. The molecule has 1 fully saturated rings. The Labute approximate surface area is 106 Å². The van der Waals surface area contributed by atoms with Gasteiger partial charge in [-0.25, -0.2) is 4.79 Å². The first-order valence-corrected chi connectivity index (χ1v) is 5.96. The molecule has 2 rings (SSSR count). The average Bonchev–Trinajstić information content (AvgIpc) is 2.39. The Hall–Kier alpha value is -1.59. The Morgan fingerprint density at radius 3 is 2.94 bits per heavy atom. The molecule has 1 heterocycles. The van der Waals surface area contributed by atoms with Crippen LogP contribution in [0.3, 0.4) is 0 Å². The van der Waals surface area contributed by atoms with Crippen LogP contribution in [0.5, 0.6) is 5.75 Å². The third kappa shape index (κ3) is 3.00. The second-order valence-electron chi connectivity index (χ2n) is 4.12. The Bertz CT molecular complexity index is 421. The quantitative estimate of drug-likeness (QED) is 0.875. The van der Waals surface area contributed by atoms with E-state index in [0.717, 1.165) is 12.0 Å². The van der Waals surface area contributed by atoms with Crippen molar-refractivity contribution in [1.82, 2.24) is 5.32 Å². The molecule has 98 valence electrons. The topological polar surface area (TPSA) is 56.8 Å². The van der Waals surface area contributed by atoms with Crippen molar-refractivity contribution >= 4 is 6.09 Å². The molecule has 1 aromatic carbocycles. The van der Waals surface area contributed by atoms with E-state index in [1.807, 2.05) is 19.1 Å². The monoisotopic (exact) mass is 251 g/mol. The van der Waals surface area contributed by atoms with Crippen LogP contribution in [0.1, 0.15) is 25.2 Å². The van der Waals surface area contributed by atoms with Crippen LogP contribution in [0.2, 0.25) is 0 Å². The molecule has 1 aliphatic heterocycles. The largest absolute Gasteiger partial charge is 0.412 e. The van der Waals surface area contributed by atoms with Gasteiger partial charge in [0.2, 0.25) is 0 Å². The summed E-state index contributed by atoms with van der Waals surface area (Å²) < 4.78 is 16.4. The molecule has 5 heteroatoms. The number of hydrogen-bond acceptors (Lipinski definition) is 4. The lowest BCUT2D eigenvalue weighted by Gasteiger charge is -2.29. The first-order valence-electron chi connectivity index (χ1n) is 5.96. The lowest BCUT2D eigenvalue weighted by molar-refractivity contribution is -0.212. The van der Waals surface area contributed by atoms with Crippen molar-refractivity contribution in [2.75, 3.05) is 13.7 Å². The summed E-state index contributed by atoms with van der Waals surface area (Å²) in [7, 11) is 1.51. The van der Waals surface area contributed by atoms with Crippen LogP contribution < -0.4 is 10.1 Å². The summed E-state index contributed by atoms with van der Waals surface area (Å²) in [5.41, 5.74) is 0.729. The average molecular weight is 251 g/mol. The van der Waals surface area contributed by atoms with Crippen molar-refractivity contribution in [3.63, 3.8) is 0 Å². The van der Waals surface area contributed by atoms with Crippen LogP contribution in [0, 0.1) is 0 Å². The number of nitrogens with one attached hydrogen (secondary N) is 1. The zero-order valence-electron chi connectivity index (χ0n) is 10.5. The van der Waals surface area contributed by atoms with Crippen LogP contribution in [0.4, 0.5) is 4.79 Å². The van der Waals surface area contributed by atoms with E-state index in [2.05, 4.69) is 5.32 Å². The summed E-state index contributed by atoms with van der Waals surface area (Å²) in [4.78, 5) is 11.3. The molecule has 1 amide bonds. The minimum atomic E-state index is -0.508. The number of carbonyl (C=O) groups excluding carboxylic acids is 1. The predicted octanol–water partition coefficient (Wildman–Crippen LogP) is 2.23. The highest BCUT2D eigenvalue weighted by molar-refractivity contribution is 5.70. The maximum atomic E-state index is 11.3. The number of carbonyl (C=O) groups is 1. The van der Waals surface area contributed by atoms with E-state index in [1.54, 1.807) is 12.1 Å². The Kier molecular flexibility index (Phi) is 4.17. The van der Waals surface area contributed by atoms with Gasteiger partial charge in [-0.1, -0.05) is 18.2 Å². The van der Waals surface area contributed by atoms with E-state index in [1.165, 1.54) is 7.05 Å². The van der Waals surface area contributed by atoms with Crippen LogP contribution >= 0.6 is 0 Å². The van der Waals surface area contributed by atoms with Gasteiger partial charge in [0, 0.05) is 7.05 Å². The van der Waals surface area contributed by atoms with Crippen molar-refractivity contribution in [3.8, 4) is 5.75 Å². The first-order chi connectivity index (χ1) is 8.70. The van der Waals surface area contributed by atoms with Crippen molar-refractivity contribution in [2.45, 2.75) is 25.7 Å². The van der Waals surface area contributed by atoms with Gasteiger partial charge in [-0.05, 0) is 19.4 Å². The molecule has 2 unspecified atom stereocenters. The molecule has 0 aromatic heterocycles. The number of hydrogen-bond donors (Lipinski definition) is 1. The lowest BCUT2D eigenvalue weighted by Crippen LogP contribution is -2.26. The van der Waals surface area contributed by atoms with Gasteiger partial charge in [0.15, 0.2) is 6.29 Å². The SMILES string of the molecule is CNC(=O)Oc1ccccc1C1OCCC(C)O1. The van der Waals surface area contributed by atoms with Crippen LogP contribution in [0.25, 0.3) is 0 Å². The second kappa shape index (κ2) is 5.84. The second-order valence-corrected chi connectivity index (χ2v) is 4.12. The molecule has 1 N–H and O–H groups in total. The smallest absolute Gasteiger partial charge is 0.410 e. The van der Waals surface area contributed by atoms with Crippen LogP contribution in [-0.4, -0.2) is 25.9 Å². The number of amides is 1. The molecule has 0 radical (unpaired) electrons. The highest BCUT2D eigenvalue weighted by Crippen LogP contribution is 2.32. The Balaban J connectivity index is 2.18. The number of rotatable bonds is 2. The zero-order valence-corrected chi connectivity index (χ0v) is 10.5. The zero-order chi connectivity index (χ0) is 13.0. The Morgan fingerprint density at radius 1 is 1.44 bits per heavy atom. The van der Waals surface area contributed by atoms with Crippen molar-refractivity contribution < 1.29 is 19.0 Å². The summed E-state index contributed by atoms with van der Waals surface area (Å²) in [6, 6.07) is 7.21. The van der Waals surface area contributed by atoms with Gasteiger partial charge >= 0.3 is 6.09 Å². The fraction of sp³-hybridized carbons (Fsp3) is 0.462. The number of ether oxygens (including phenoxy) is 3. The number of benzene rings is 1. The molecule has 0 aliphatic carbocycles. The molecule has 0 saturated carbocycles. The molecular formula is C13H17NO4. The standard InChI is InChI=1S/C13H17NO4/c1-9-7-8-16-12(17-9)10-5-3-4-6-11(10)18-13(15)14-2/h3-6,9,12H,7-8H2,1-2H3,(H,14,15). The third-order valence-corrected chi connectivity index (χ3v) is 2.73. The summed E-state index contributed by atoms with van der Waals surface area (Å²) >= 11 is 0. The van der Waals surface area contributed by atoms with Gasteiger partial charge in [-0.2, -0.15) is 0 Å². The summed E-state index contributed by atoms with van der Waals surface area (Å²) in [5, 5.41) is 2.41. The van der Waals surface area contributed by atoms with E-state index in [9.17, 15) is 4.79 Å². The van der Waals surface area contributed by atoms with E-state index in [-0.39, 0.29) is 6.10 Å². The van der Waals surface area contributed by atoms with Gasteiger partial charge in [-0.15, -0.1) is 0 Å². The van der Waals surface area contributed by atoms with E-state index >= 15 is 0 Å². The van der Waals surface area contributed by atoms with Gasteiger partial charge in [0.25, 0.3) is 0 Å². The highest BCUT2D eigenvalue weighted by Gasteiger charge is 2.24. The highest BCUT2D eigenvalue weighted by atomic mass is 16.7. The lowest BCUT2D eigenvalue weighted by atomic mass is 10.1. The Morgan fingerprint density at radius 2 is 2.22 bits per heavy atom. The molecule has 1 aromatic rings. The predicted molar refractivity (Wildman–Crippen MR) is 65.4 cm³/mol. The molecule has 1 aliphatic rings. The summed E-state index contributed by atoms with van der Waals surface area (Å²) in [6.45, 7) is 2.64. The fourth-order valence-corrected chi connectivity index (χ4v) is 1.74. The van der Waals surface area contributed by atoms with E-state index in [4.69, 9.17) is 14.2 Å². The van der Waals surface area contributed by atoms with Crippen molar-refractivity contribution in [1.29, 1.82) is 0 Å². The molecule has 5 nitrogen and oxygen atoms in total. The van der Waals surface area contributed by atoms with Crippen LogP contribution in [0.15, 0.2) is 24.3 Å².